The van der Waals surface area contributed by atoms with Crippen LogP contribution in [-0.4, -0.2) is 31.6 Å². The molecule has 2 rings (SSSR count). The Balaban J connectivity index is 2.10. The Hall–Kier alpha value is -2.32. The predicted molar refractivity (Wildman–Crippen MR) is 103 cm³/mol. The highest BCUT2D eigenvalue weighted by atomic mass is 35.5. The van der Waals surface area contributed by atoms with Crippen molar-refractivity contribution in [1.82, 2.24) is 4.90 Å². The van der Waals surface area contributed by atoms with Crippen LogP contribution in [0.15, 0.2) is 42.5 Å². The van der Waals surface area contributed by atoms with Crippen LogP contribution >= 0.6 is 11.6 Å². The maximum absolute atomic E-state index is 13.2. The Labute approximate surface area is 163 Å². The van der Waals surface area contributed by atoms with Crippen LogP contribution in [-0.2, 0) is 16.7 Å². The number of carbonyl (C=O) groups is 1. The summed E-state index contributed by atoms with van der Waals surface area (Å²) in [5.41, 5.74) is 1.17. The molecule has 0 saturated carbocycles. The highest BCUT2D eigenvalue weighted by Crippen LogP contribution is 2.21. The van der Waals surface area contributed by atoms with E-state index >= 15 is 0 Å². The molecular formula is C18H20ClFN2O4S. The van der Waals surface area contributed by atoms with Gasteiger partial charge in [-0.15, -0.1) is 0 Å². The summed E-state index contributed by atoms with van der Waals surface area (Å²) >= 11 is 5.74. The maximum Gasteiger partial charge on any atom is 0.322 e. The van der Waals surface area contributed by atoms with E-state index in [1.165, 1.54) is 30.3 Å². The third kappa shape index (κ3) is 6.41. The van der Waals surface area contributed by atoms with Gasteiger partial charge in [0, 0.05) is 18.3 Å². The standard InChI is InChI=1S/C18H20ClFN2O4S/c1-12(2)22(18(23)21-14-6-9-17(20)16(19)10-14)11-13-4-7-15(8-5-13)26-27(3,24)25/h4-10,12H,11H2,1-3H3,(H,21,23). The van der Waals surface area contributed by atoms with Crippen LogP contribution in [0.25, 0.3) is 0 Å². The molecule has 0 fully saturated rings. The summed E-state index contributed by atoms with van der Waals surface area (Å²) in [5.74, 6) is -0.366. The lowest BCUT2D eigenvalue weighted by Crippen LogP contribution is -2.39. The van der Waals surface area contributed by atoms with E-state index in [0.717, 1.165) is 11.8 Å². The SMILES string of the molecule is CC(C)N(Cc1ccc(OS(C)(=O)=O)cc1)C(=O)Nc1ccc(F)c(Cl)c1. The maximum atomic E-state index is 13.2. The van der Waals surface area contributed by atoms with Gasteiger partial charge in [-0.25, -0.2) is 9.18 Å². The molecule has 6 nitrogen and oxygen atoms in total. The monoisotopic (exact) mass is 414 g/mol. The highest BCUT2D eigenvalue weighted by Gasteiger charge is 2.18. The first-order chi connectivity index (χ1) is 12.5. The first kappa shape index (κ1) is 21.0. The minimum Gasteiger partial charge on any atom is -0.383 e. The van der Waals surface area contributed by atoms with Crippen molar-refractivity contribution >= 4 is 33.4 Å². The quantitative estimate of drug-likeness (QED) is 0.716. The van der Waals surface area contributed by atoms with Gasteiger partial charge in [-0.3, -0.25) is 0 Å². The van der Waals surface area contributed by atoms with Gasteiger partial charge in [-0.05, 0) is 49.7 Å². The van der Waals surface area contributed by atoms with Crippen molar-refractivity contribution in [3.8, 4) is 5.75 Å². The molecule has 1 N–H and O–H groups in total. The number of nitrogens with one attached hydrogen (secondary N) is 1. The molecule has 2 aromatic rings. The molecule has 27 heavy (non-hydrogen) atoms. The van der Waals surface area contributed by atoms with Crippen molar-refractivity contribution in [2.75, 3.05) is 11.6 Å². The van der Waals surface area contributed by atoms with Crippen molar-refractivity contribution in [2.45, 2.75) is 26.4 Å². The average Bonchev–Trinajstić information content (AvgIpc) is 2.55. The minimum atomic E-state index is -3.59. The molecule has 0 aliphatic heterocycles. The molecule has 0 radical (unpaired) electrons. The molecule has 0 aliphatic rings. The van der Waals surface area contributed by atoms with Crippen LogP contribution in [0.5, 0.6) is 5.75 Å². The Morgan fingerprint density at radius 3 is 2.37 bits per heavy atom. The van der Waals surface area contributed by atoms with Gasteiger partial charge in [-0.2, -0.15) is 8.42 Å². The molecule has 0 unspecified atom stereocenters. The third-order valence-corrected chi connectivity index (χ3v) is 4.36. The molecule has 0 heterocycles. The molecule has 0 atom stereocenters. The number of carbonyl (C=O) groups excluding carboxylic acids is 1. The van der Waals surface area contributed by atoms with E-state index in [9.17, 15) is 17.6 Å². The second-order valence-corrected chi connectivity index (χ2v) is 8.19. The zero-order valence-corrected chi connectivity index (χ0v) is 16.6. The molecule has 0 bridgehead atoms. The van der Waals surface area contributed by atoms with Gasteiger partial charge in [0.1, 0.15) is 11.6 Å². The number of hydrogen-bond donors (Lipinski definition) is 1. The van der Waals surface area contributed by atoms with Crippen molar-refractivity contribution in [1.29, 1.82) is 0 Å². The molecular weight excluding hydrogens is 395 g/mol. The van der Waals surface area contributed by atoms with Gasteiger partial charge >= 0.3 is 16.1 Å². The smallest absolute Gasteiger partial charge is 0.322 e. The Morgan fingerprint density at radius 2 is 1.85 bits per heavy atom. The number of hydrogen-bond acceptors (Lipinski definition) is 4. The number of anilines is 1. The summed E-state index contributed by atoms with van der Waals surface area (Å²) in [6.07, 6.45) is 0.966. The normalized spacial score (nSPS) is 11.3. The number of urea groups is 1. The van der Waals surface area contributed by atoms with E-state index in [0.29, 0.717) is 5.69 Å². The molecule has 9 heteroatoms. The van der Waals surface area contributed by atoms with Crippen molar-refractivity contribution in [3.63, 3.8) is 0 Å². The van der Waals surface area contributed by atoms with E-state index in [1.54, 1.807) is 17.0 Å². The summed E-state index contributed by atoms with van der Waals surface area (Å²) in [5, 5.41) is 2.61. The van der Waals surface area contributed by atoms with Gasteiger partial charge in [-0.1, -0.05) is 23.7 Å². The number of rotatable bonds is 6. The Morgan fingerprint density at radius 1 is 1.22 bits per heavy atom. The van der Waals surface area contributed by atoms with Crippen LogP contribution in [0.1, 0.15) is 19.4 Å². The first-order valence-corrected chi connectivity index (χ1v) is 10.3. The van der Waals surface area contributed by atoms with Gasteiger partial charge in [0.05, 0.1) is 11.3 Å². The zero-order chi connectivity index (χ0) is 20.2. The summed E-state index contributed by atoms with van der Waals surface area (Å²) in [6, 6.07) is 9.85. The van der Waals surface area contributed by atoms with E-state index in [4.69, 9.17) is 15.8 Å². The van der Waals surface area contributed by atoms with Crippen molar-refractivity contribution in [3.05, 3.63) is 58.9 Å². The highest BCUT2D eigenvalue weighted by molar-refractivity contribution is 7.86. The third-order valence-electron chi connectivity index (χ3n) is 3.58. The lowest BCUT2D eigenvalue weighted by Gasteiger charge is -2.27. The van der Waals surface area contributed by atoms with Gasteiger partial charge in [0.2, 0.25) is 0 Å². The van der Waals surface area contributed by atoms with E-state index in [1.807, 2.05) is 13.8 Å². The molecule has 0 saturated heterocycles. The van der Waals surface area contributed by atoms with E-state index in [2.05, 4.69) is 5.32 Å². The number of benzene rings is 2. The summed E-state index contributed by atoms with van der Waals surface area (Å²) in [6.45, 7) is 4.01. The second kappa shape index (κ2) is 8.58. The largest absolute Gasteiger partial charge is 0.383 e. The van der Waals surface area contributed by atoms with E-state index < -0.39 is 15.9 Å². The van der Waals surface area contributed by atoms with Gasteiger partial charge in [0.15, 0.2) is 0 Å². The molecule has 0 spiro atoms. The van der Waals surface area contributed by atoms with Crippen LogP contribution in [0, 0.1) is 5.82 Å². The fourth-order valence-corrected chi connectivity index (χ4v) is 2.92. The molecule has 2 aromatic carbocycles. The van der Waals surface area contributed by atoms with Gasteiger partial charge < -0.3 is 14.4 Å². The summed E-state index contributed by atoms with van der Waals surface area (Å²) < 4.78 is 40.3. The fourth-order valence-electron chi connectivity index (χ4n) is 2.28. The minimum absolute atomic E-state index is 0.0784. The summed E-state index contributed by atoms with van der Waals surface area (Å²) in [7, 11) is -3.59. The number of nitrogens with zero attached hydrogens (tertiary/aromatic N) is 1. The fraction of sp³-hybridized carbons (Fsp3) is 0.278. The predicted octanol–water partition coefficient (Wildman–Crippen LogP) is 4.26. The van der Waals surface area contributed by atoms with Crippen LogP contribution in [0.4, 0.5) is 14.9 Å². The van der Waals surface area contributed by atoms with Gasteiger partial charge in [0.25, 0.3) is 0 Å². The van der Waals surface area contributed by atoms with Crippen LogP contribution in [0.2, 0.25) is 5.02 Å². The van der Waals surface area contributed by atoms with Crippen LogP contribution in [0.3, 0.4) is 0 Å². The molecule has 0 aromatic heterocycles. The van der Waals surface area contributed by atoms with E-state index in [-0.39, 0.29) is 29.4 Å². The number of halogens is 2. The second-order valence-electron chi connectivity index (χ2n) is 6.21. The summed E-state index contributed by atoms with van der Waals surface area (Å²) in [4.78, 5) is 14.2. The van der Waals surface area contributed by atoms with Crippen molar-refractivity contribution < 1.29 is 21.8 Å². The van der Waals surface area contributed by atoms with Crippen molar-refractivity contribution in [2.24, 2.45) is 0 Å². The Bertz CT molecular complexity index is 917. The molecule has 2 amide bonds. The van der Waals surface area contributed by atoms with Crippen LogP contribution < -0.4 is 9.50 Å². The molecule has 146 valence electrons. The lowest BCUT2D eigenvalue weighted by molar-refractivity contribution is 0.193. The topological polar surface area (TPSA) is 75.7 Å². The Kier molecular flexibility index (Phi) is 6.67. The average molecular weight is 415 g/mol. The molecule has 0 aliphatic carbocycles. The lowest BCUT2D eigenvalue weighted by atomic mass is 10.2. The number of amides is 2. The zero-order valence-electron chi connectivity index (χ0n) is 15.1. The first-order valence-electron chi connectivity index (χ1n) is 8.06.